The molecule has 0 unspecified atom stereocenters. The molecule has 0 saturated heterocycles. The SMILES string of the molecule is c1ccc2c(c1)oc1cccc3oc4c(ccc5c6cccc7c6n(c6cccc8c9ccc%10c(oc%11cccc%12oc%13ccccc%13n%10c%12%11)c9n7c86)c54)n2c13. The molecule has 0 aliphatic heterocycles. The van der Waals surface area contributed by atoms with E-state index in [9.17, 15) is 0 Å². The maximum atomic E-state index is 7.02. The van der Waals surface area contributed by atoms with Crippen molar-refractivity contribution in [3.63, 3.8) is 0 Å². The van der Waals surface area contributed by atoms with Crippen molar-refractivity contribution >= 4 is 132 Å². The van der Waals surface area contributed by atoms with Gasteiger partial charge in [-0.2, -0.15) is 0 Å². The molecule has 260 valence electrons. The molecule has 0 aliphatic carbocycles. The molecule has 0 N–H and O–H groups in total. The van der Waals surface area contributed by atoms with Gasteiger partial charge in [0.2, 0.25) is 0 Å². The van der Waals surface area contributed by atoms with Gasteiger partial charge in [0, 0.05) is 21.5 Å². The Bertz CT molecular complexity index is 4020. The van der Waals surface area contributed by atoms with Gasteiger partial charge >= 0.3 is 0 Å². The summed E-state index contributed by atoms with van der Waals surface area (Å²) in [6.45, 7) is 0. The zero-order valence-electron chi connectivity index (χ0n) is 29.3. The van der Waals surface area contributed by atoms with Crippen LogP contribution in [0.15, 0.2) is 163 Å². The molecule has 7 aromatic heterocycles. The second-order valence-electron chi connectivity index (χ2n) is 14.9. The molecule has 0 atom stereocenters. The maximum Gasteiger partial charge on any atom is 0.176 e. The van der Waals surface area contributed by atoms with E-state index >= 15 is 0 Å². The normalized spacial score (nSPS) is 13.0. The van der Waals surface area contributed by atoms with Crippen molar-refractivity contribution in [1.29, 1.82) is 0 Å². The third kappa shape index (κ3) is 3.03. The summed E-state index contributed by atoms with van der Waals surface area (Å²) in [6.07, 6.45) is 0. The number of fused-ring (bicyclic) bond motifs is 18. The summed E-state index contributed by atoms with van der Waals surface area (Å²) < 4.78 is 36.3. The molecule has 8 aromatic carbocycles. The molecule has 0 amide bonds. The van der Waals surface area contributed by atoms with Crippen LogP contribution in [-0.4, -0.2) is 17.6 Å². The van der Waals surface area contributed by atoms with E-state index in [-0.39, 0.29) is 0 Å². The quantitative estimate of drug-likeness (QED) is 0.115. The van der Waals surface area contributed by atoms with Crippen molar-refractivity contribution in [3.8, 4) is 0 Å². The van der Waals surface area contributed by atoms with Crippen LogP contribution in [-0.2, 0) is 0 Å². The number of rotatable bonds is 0. The highest BCUT2D eigenvalue weighted by molar-refractivity contribution is 6.27. The van der Waals surface area contributed by atoms with Crippen LogP contribution < -0.4 is 0 Å². The van der Waals surface area contributed by atoms with Gasteiger partial charge in [-0.05, 0) is 84.9 Å². The van der Waals surface area contributed by atoms with E-state index < -0.39 is 0 Å². The topological polar surface area (TPSA) is 70.2 Å². The first-order valence-corrected chi connectivity index (χ1v) is 18.8. The van der Waals surface area contributed by atoms with Gasteiger partial charge in [-0.25, -0.2) is 0 Å². The lowest BCUT2D eigenvalue weighted by Gasteiger charge is -2.15. The van der Waals surface area contributed by atoms with E-state index in [0.29, 0.717) is 0 Å². The molecule has 7 heterocycles. The molecular weight excluding hydrogens is 697 g/mol. The van der Waals surface area contributed by atoms with Gasteiger partial charge in [0.25, 0.3) is 0 Å². The maximum absolute atomic E-state index is 7.02. The van der Waals surface area contributed by atoms with Gasteiger partial charge < -0.3 is 26.5 Å². The average Bonchev–Trinajstić information content (AvgIpc) is 3.78. The van der Waals surface area contributed by atoms with Crippen molar-refractivity contribution in [2.45, 2.75) is 0 Å². The highest BCUT2D eigenvalue weighted by Gasteiger charge is 2.26. The molecule has 8 nitrogen and oxygen atoms in total. The van der Waals surface area contributed by atoms with Crippen LogP contribution in [0.3, 0.4) is 0 Å². The third-order valence-corrected chi connectivity index (χ3v) is 12.1. The molecule has 0 radical (unpaired) electrons. The smallest absolute Gasteiger partial charge is 0.176 e. The number of hydrogen-bond donors (Lipinski definition) is 0. The summed E-state index contributed by atoms with van der Waals surface area (Å²) in [6, 6.07) is 50.7. The lowest BCUT2D eigenvalue weighted by molar-refractivity contribution is 0.637. The summed E-state index contributed by atoms with van der Waals surface area (Å²) in [5.41, 5.74) is 18.5. The van der Waals surface area contributed by atoms with E-state index in [1.54, 1.807) is 0 Å². The first-order valence-electron chi connectivity index (χ1n) is 18.8. The van der Waals surface area contributed by atoms with Crippen LogP contribution in [0.2, 0.25) is 0 Å². The van der Waals surface area contributed by atoms with Gasteiger partial charge in [0.1, 0.15) is 11.0 Å². The standard InChI is InChI=1S/C48H24N4O4/c1-3-15-35-29(11-1)49-33-23-21-27-25-9-5-14-32-41(25)51(43(27)47(33)55-39-19-7-17-37(53-35)45(39)49)31-13-6-10-26-28-22-24-34-48(44(28)52(32)42(26)31)56-40-20-8-18-38-46(40)50(34)30-12-2-4-16-36(30)54-38/h1-24H. The Morgan fingerprint density at radius 1 is 0.232 bits per heavy atom. The minimum absolute atomic E-state index is 0.760. The number of hydrogen-bond acceptors (Lipinski definition) is 4. The van der Waals surface area contributed by atoms with Crippen LogP contribution in [0.1, 0.15) is 0 Å². The summed E-state index contributed by atoms with van der Waals surface area (Å²) in [4.78, 5) is 0. The van der Waals surface area contributed by atoms with Crippen LogP contribution in [0, 0.1) is 0 Å². The first-order chi connectivity index (χ1) is 27.8. The fraction of sp³-hybridized carbons (Fsp3) is 0. The van der Waals surface area contributed by atoms with Crippen molar-refractivity contribution < 1.29 is 17.7 Å². The molecule has 8 heteroatoms. The number of nitrogens with zero attached hydrogens (tertiary/aromatic N) is 4. The number of benzene rings is 8. The fourth-order valence-electron chi connectivity index (χ4n) is 10.0. The molecule has 0 saturated carbocycles. The second-order valence-corrected chi connectivity index (χ2v) is 14.9. The predicted octanol–water partition coefficient (Wildman–Crippen LogP) is 13.2. The minimum atomic E-state index is 0.760. The summed E-state index contributed by atoms with van der Waals surface area (Å²) >= 11 is 0. The van der Waals surface area contributed by atoms with E-state index in [4.69, 9.17) is 17.7 Å². The minimum Gasteiger partial charge on any atom is -0.453 e. The molecule has 15 rings (SSSR count). The van der Waals surface area contributed by atoms with Gasteiger partial charge in [0.05, 0.1) is 55.2 Å². The zero-order chi connectivity index (χ0) is 36.0. The van der Waals surface area contributed by atoms with Crippen LogP contribution >= 0.6 is 0 Å². The first kappa shape index (κ1) is 27.7. The van der Waals surface area contributed by atoms with E-state index in [1.807, 2.05) is 60.7 Å². The Hall–Kier alpha value is -7.84. The van der Waals surface area contributed by atoms with Crippen molar-refractivity contribution in [2.75, 3.05) is 0 Å². The summed E-state index contributed by atoms with van der Waals surface area (Å²) in [5.74, 6) is 0. The lowest BCUT2D eigenvalue weighted by Crippen LogP contribution is -2.00. The molecule has 0 fully saturated rings. The van der Waals surface area contributed by atoms with Crippen LogP contribution in [0.4, 0.5) is 0 Å². The monoisotopic (exact) mass is 720 g/mol. The van der Waals surface area contributed by atoms with E-state index in [2.05, 4.69) is 103 Å². The molecule has 0 bridgehead atoms. The van der Waals surface area contributed by atoms with Gasteiger partial charge in [0.15, 0.2) is 44.7 Å². The number of aromatic nitrogens is 4. The Morgan fingerprint density at radius 3 is 1.09 bits per heavy atom. The summed E-state index contributed by atoms with van der Waals surface area (Å²) in [7, 11) is 0. The molecule has 15 aromatic rings. The van der Waals surface area contributed by atoms with E-state index in [1.165, 1.54) is 0 Å². The van der Waals surface area contributed by atoms with E-state index in [0.717, 1.165) is 132 Å². The van der Waals surface area contributed by atoms with Gasteiger partial charge in [-0.3, -0.25) is 8.80 Å². The lowest BCUT2D eigenvalue weighted by atomic mass is 10.1. The Morgan fingerprint density at radius 2 is 0.607 bits per heavy atom. The predicted molar refractivity (Wildman–Crippen MR) is 223 cm³/mol. The Balaban J connectivity index is 1.21. The van der Waals surface area contributed by atoms with Crippen LogP contribution in [0.5, 0.6) is 0 Å². The molecular formula is C48H24N4O4. The molecule has 0 aliphatic rings. The molecule has 56 heavy (non-hydrogen) atoms. The third-order valence-electron chi connectivity index (χ3n) is 12.1. The largest absolute Gasteiger partial charge is 0.453 e. The van der Waals surface area contributed by atoms with Gasteiger partial charge in [-0.15, -0.1) is 0 Å². The highest BCUT2D eigenvalue weighted by atomic mass is 16.4. The Kier molecular flexibility index (Phi) is 4.58. The second kappa shape index (κ2) is 9.26. The highest BCUT2D eigenvalue weighted by Crippen LogP contribution is 2.45. The van der Waals surface area contributed by atoms with Crippen molar-refractivity contribution in [1.82, 2.24) is 17.6 Å². The van der Waals surface area contributed by atoms with Crippen molar-refractivity contribution in [3.05, 3.63) is 146 Å². The van der Waals surface area contributed by atoms with Crippen LogP contribution in [0.25, 0.3) is 132 Å². The fourth-order valence-corrected chi connectivity index (χ4v) is 10.0. The Labute approximate surface area is 312 Å². The summed E-state index contributed by atoms with van der Waals surface area (Å²) in [5, 5.41) is 4.55. The number of para-hydroxylation sites is 8. The van der Waals surface area contributed by atoms with Gasteiger partial charge in [-0.1, -0.05) is 60.7 Å². The van der Waals surface area contributed by atoms with Crippen molar-refractivity contribution in [2.24, 2.45) is 0 Å². The average molecular weight is 721 g/mol. The zero-order valence-corrected chi connectivity index (χ0v) is 29.3. The molecule has 0 spiro atoms.